The van der Waals surface area contributed by atoms with Crippen molar-refractivity contribution in [3.63, 3.8) is 0 Å². The van der Waals surface area contributed by atoms with Gasteiger partial charge in [-0.15, -0.1) is 0 Å². The van der Waals surface area contributed by atoms with E-state index >= 15 is 0 Å². The van der Waals surface area contributed by atoms with Crippen LogP contribution in [-0.2, 0) is 16.1 Å². The van der Waals surface area contributed by atoms with Gasteiger partial charge in [-0.2, -0.15) is 0 Å². The minimum absolute atomic E-state index is 0.0364. The van der Waals surface area contributed by atoms with Crippen LogP contribution in [0.3, 0.4) is 0 Å². The van der Waals surface area contributed by atoms with E-state index in [1.54, 1.807) is 0 Å². The number of carbonyl (C=O) groups is 1. The van der Waals surface area contributed by atoms with Crippen molar-refractivity contribution in [1.82, 2.24) is 0 Å². The Bertz CT molecular complexity index is 465. The zero-order chi connectivity index (χ0) is 13.1. The Morgan fingerprint density at radius 1 is 1.32 bits per heavy atom. The van der Waals surface area contributed by atoms with E-state index in [1.807, 2.05) is 18.2 Å². The third-order valence-electron chi connectivity index (χ3n) is 4.62. The highest BCUT2D eigenvalue weighted by Crippen LogP contribution is 2.49. The number of aldehydes is 1. The van der Waals surface area contributed by atoms with Crippen LogP contribution >= 0.6 is 0 Å². The third kappa shape index (κ3) is 2.50. The van der Waals surface area contributed by atoms with Crippen molar-refractivity contribution >= 4 is 6.29 Å². The lowest BCUT2D eigenvalue weighted by atomic mass is 9.60. The van der Waals surface area contributed by atoms with Gasteiger partial charge in [0.2, 0.25) is 0 Å². The van der Waals surface area contributed by atoms with Crippen molar-refractivity contribution < 1.29 is 9.53 Å². The molecule has 0 heterocycles. The van der Waals surface area contributed by atoms with Crippen molar-refractivity contribution in [2.75, 3.05) is 6.61 Å². The fourth-order valence-electron chi connectivity index (χ4n) is 3.38. The molecule has 0 aliphatic heterocycles. The molecule has 1 aromatic rings. The van der Waals surface area contributed by atoms with Gasteiger partial charge in [0.05, 0.1) is 13.2 Å². The van der Waals surface area contributed by atoms with Crippen LogP contribution in [0.2, 0.25) is 0 Å². The fraction of sp³-hybridized carbons (Fsp3) is 0.471. The van der Waals surface area contributed by atoms with Gasteiger partial charge in [-0.05, 0) is 30.7 Å². The molecule has 0 aromatic heterocycles. The highest BCUT2D eigenvalue weighted by Gasteiger charge is 2.44. The van der Waals surface area contributed by atoms with Crippen LogP contribution in [0.15, 0.2) is 42.5 Å². The van der Waals surface area contributed by atoms with Gasteiger partial charge >= 0.3 is 0 Å². The summed E-state index contributed by atoms with van der Waals surface area (Å²) in [5.41, 5.74) is 1.15. The minimum Gasteiger partial charge on any atom is -0.376 e. The second kappa shape index (κ2) is 5.30. The highest BCUT2D eigenvalue weighted by atomic mass is 16.5. The summed E-state index contributed by atoms with van der Waals surface area (Å²) in [4.78, 5) is 11.3. The SMILES string of the molecule is O=C[C@@H]1C[C@@H]2C=C[C@@]1(COCc1ccccc1)CC2. The van der Waals surface area contributed by atoms with Gasteiger partial charge in [-0.1, -0.05) is 42.5 Å². The van der Waals surface area contributed by atoms with Crippen LogP contribution in [-0.4, -0.2) is 12.9 Å². The molecule has 3 aliphatic rings. The van der Waals surface area contributed by atoms with Gasteiger partial charge in [0.1, 0.15) is 6.29 Å². The van der Waals surface area contributed by atoms with E-state index < -0.39 is 0 Å². The van der Waals surface area contributed by atoms with Gasteiger partial charge in [-0.3, -0.25) is 0 Å². The molecule has 1 fully saturated rings. The molecule has 2 nitrogen and oxygen atoms in total. The minimum atomic E-state index is -0.0364. The maximum atomic E-state index is 11.3. The molecule has 0 radical (unpaired) electrons. The molecule has 2 bridgehead atoms. The predicted molar refractivity (Wildman–Crippen MR) is 74.6 cm³/mol. The smallest absolute Gasteiger partial charge is 0.124 e. The largest absolute Gasteiger partial charge is 0.376 e. The number of carbonyl (C=O) groups excluding carboxylic acids is 1. The van der Waals surface area contributed by atoms with Crippen LogP contribution in [0.1, 0.15) is 24.8 Å². The topological polar surface area (TPSA) is 26.3 Å². The number of rotatable bonds is 5. The molecule has 1 saturated carbocycles. The quantitative estimate of drug-likeness (QED) is 0.596. The molecule has 0 spiro atoms. The second-order valence-corrected chi connectivity index (χ2v) is 5.85. The van der Waals surface area contributed by atoms with Gasteiger partial charge < -0.3 is 9.53 Å². The Hall–Kier alpha value is -1.41. The Morgan fingerprint density at radius 3 is 2.84 bits per heavy atom. The number of ether oxygens (including phenoxy) is 1. The normalized spacial score (nSPS) is 32.4. The Kier molecular flexibility index (Phi) is 3.52. The maximum Gasteiger partial charge on any atom is 0.124 e. The van der Waals surface area contributed by atoms with Crippen molar-refractivity contribution in [3.8, 4) is 0 Å². The molecule has 0 unspecified atom stereocenters. The molecular formula is C17H20O2. The van der Waals surface area contributed by atoms with Crippen LogP contribution in [0.5, 0.6) is 0 Å². The van der Waals surface area contributed by atoms with Gasteiger partial charge in [0, 0.05) is 11.3 Å². The van der Waals surface area contributed by atoms with Crippen LogP contribution in [0, 0.1) is 17.3 Å². The summed E-state index contributed by atoms with van der Waals surface area (Å²) in [7, 11) is 0. The van der Waals surface area contributed by atoms with Crippen molar-refractivity contribution in [1.29, 1.82) is 0 Å². The Balaban J connectivity index is 1.63. The second-order valence-electron chi connectivity index (χ2n) is 5.85. The van der Waals surface area contributed by atoms with E-state index in [0.29, 0.717) is 19.1 Å². The van der Waals surface area contributed by atoms with E-state index in [0.717, 1.165) is 19.1 Å². The molecule has 3 atom stereocenters. The first-order chi connectivity index (χ1) is 9.32. The number of hydrogen-bond donors (Lipinski definition) is 0. The van der Waals surface area contributed by atoms with Crippen molar-refractivity contribution in [2.45, 2.75) is 25.9 Å². The number of hydrogen-bond acceptors (Lipinski definition) is 2. The summed E-state index contributed by atoms with van der Waals surface area (Å²) in [5.74, 6) is 0.762. The number of allylic oxidation sites excluding steroid dienone is 1. The standard InChI is InChI=1S/C17H20O2/c18-11-16-10-14-6-8-17(16,9-7-14)13-19-12-15-4-2-1-3-5-15/h1-6,8,11,14,16H,7,9-10,12-13H2/t14-,16+,17+/m1/s1. The van der Waals surface area contributed by atoms with E-state index in [1.165, 1.54) is 12.0 Å². The average molecular weight is 256 g/mol. The number of benzene rings is 1. The van der Waals surface area contributed by atoms with Crippen molar-refractivity contribution in [2.24, 2.45) is 17.3 Å². The molecule has 1 aromatic carbocycles. The maximum absolute atomic E-state index is 11.3. The van der Waals surface area contributed by atoms with E-state index in [2.05, 4.69) is 24.3 Å². The zero-order valence-electron chi connectivity index (χ0n) is 11.1. The summed E-state index contributed by atoms with van der Waals surface area (Å²) in [5, 5.41) is 0. The summed E-state index contributed by atoms with van der Waals surface area (Å²) in [6.45, 7) is 1.29. The van der Waals surface area contributed by atoms with Crippen LogP contribution in [0.25, 0.3) is 0 Å². The molecule has 0 amide bonds. The first-order valence-corrected chi connectivity index (χ1v) is 7.09. The zero-order valence-corrected chi connectivity index (χ0v) is 11.1. The summed E-state index contributed by atoms with van der Waals surface area (Å²) < 4.78 is 5.90. The first kappa shape index (κ1) is 12.6. The third-order valence-corrected chi connectivity index (χ3v) is 4.62. The molecule has 2 heteroatoms. The van der Waals surface area contributed by atoms with E-state index in [-0.39, 0.29) is 11.3 Å². The molecule has 0 N–H and O–H groups in total. The Morgan fingerprint density at radius 2 is 2.16 bits per heavy atom. The van der Waals surface area contributed by atoms with Gasteiger partial charge in [0.25, 0.3) is 0 Å². The van der Waals surface area contributed by atoms with Gasteiger partial charge in [-0.25, -0.2) is 0 Å². The lowest BCUT2D eigenvalue weighted by Crippen LogP contribution is -2.42. The Labute approximate surface area is 114 Å². The van der Waals surface area contributed by atoms with E-state index in [4.69, 9.17) is 4.74 Å². The van der Waals surface area contributed by atoms with E-state index in [9.17, 15) is 4.79 Å². The fourth-order valence-corrected chi connectivity index (χ4v) is 3.38. The molecular weight excluding hydrogens is 236 g/mol. The molecule has 3 aliphatic carbocycles. The van der Waals surface area contributed by atoms with Gasteiger partial charge in [0.15, 0.2) is 0 Å². The molecule has 19 heavy (non-hydrogen) atoms. The van der Waals surface area contributed by atoms with Crippen LogP contribution < -0.4 is 0 Å². The highest BCUT2D eigenvalue weighted by molar-refractivity contribution is 5.57. The first-order valence-electron chi connectivity index (χ1n) is 7.09. The summed E-state index contributed by atoms with van der Waals surface area (Å²) in [6.07, 6.45) is 8.97. The summed E-state index contributed by atoms with van der Waals surface area (Å²) in [6, 6.07) is 10.2. The number of fused-ring (bicyclic) bond motifs is 2. The lowest BCUT2D eigenvalue weighted by molar-refractivity contribution is -0.119. The average Bonchev–Trinajstić information content (AvgIpc) is 2.49. The summed E-state index contributed by atoms with van der Waals surface area (Å²) >= 11 is 0. The van der Waals surface area contributed by atoms with Crippen molar-refractivity contribution in [3.05, 3.63) is 48.0 Å². The van der Waals surface area contributed by atoms with Crippen LogP contribution in [0.4, 0.5) is 0 Å². The predicted octanol–water partition coefficient (Wildman–Crippen LogP) is 3.37. The monoisotopic (exact) mass is 256 g/mol. The molecule has 100 valence electrons. The molecule has 0 saturated heterocycles. The lowest BCUT2D eigenvalue weighted by Gasteiger charge is -2.45. The molecule has 4 rings (SSSR count).